The summed E-state index contributed by atoms with van der Waals surface area (Å²) in [6, 6.07) is 14.5. The number of nitrogens with one attached hydrogen (secondary N) is 1. The molecule has 2 aromatic rings. The van der Waals surface area contributed by atoms with Crippen molar-refractivity contribution in [2.24, 2.45) is 0 Å². The molecule has 0 spiro atoms. The number of halogens is 2. The zero-order chi connectivity index (χ0) is 13.7. The van der Waals surface area contributed by atoms with Gasteiger partial charge in [-0.05, 0) is 36.9 Å². The van der Waals surface area contributed by atoms with Crippen molar-refractivity contribution in [3.63, 3.8) is 0 Å². The fourth-order valence-corrected chi connectivity index (χ4v) is 3.16. The first-order chi connectivity index (χ1) is 9.20. The molecule has 0 fully saturated rings. The van der Waals surface area contributed by atoms with Crippen LogP contribution in [0.15, 0.2) is 53.4 Å². The highest BCUT2D eigenvalue weighted by Crippen LogP contribution is 2.30. The summed E-state index contributed by atoms with van der Waals surface area (Å²) >= 11 is 7.82. The first-order valence-corrected chi connectivity index (χ1v) is 7.37. The fraction of sp³-hybridized carbons (Fsp3) is 0.200. The van der Waals surface area contributed by atoms with Gasteiger partial charge in [0.2, 0.25) is 0 Å². The third-order valence-electron chi connectivity index (χ3n) is 2.86. The van der Waals surface area contributed by atoms with Gasteiger partial charge in [-0.3, -0.25) is 0 Å². The van der Waals surface area contributed by atoms with Crippen LogP contribution in [0.1, 0.15) is 11.6 Å². The molecule has 0 aromatic heterocycles. The van der Waals surface area contributed by atoms with E-state index in [1.165, 1.54) is 12.1 Å². The van der Waals surface area contributed by atoms with Crippen LogP contribution in [0.2, 0.25) is 5.02 Å². The lowest BCUT2D eigenvalue weighted by molar-refractivity contribution is 0.620. The van der Waals surface area contributed by atoms with Crippen molar-refractivity contribution in [3.8, 4) is 0 Å². The van der Waals surface area contributed by atoms with Gasteiger partial charge in [0.15, 0.2) is 0 Å². The molecule has 0 saturated carbocycles. The normalized spacial score (nSPS) is 12.4. The Bertz CT molecular complexity index is 530. The highest BCUT2D eigenvalue weighted by atomic mass is 35.5. The molecule has 2 aromatic carbocycles. The summed E-state index contributed by atoms with van der Waals surface area (Å²) in [5.41, 5.74) is 1.07. The largest absolute Gasteiger partial charge is 0.312 e. The SMILES string of the molecule is CNC(CSc1ccccc1Cl)c1ccc(F)cc1. The molecule has 1 unspecified atom stereocenters. The van der Waals surface area contributed by atoms with Gasteiger partial charge in [0.1, 0.15) is 5.82 Å². The van der Waals surface area contributed by atoms with E-state index in [1.807, 2.05) is 43.4 Å². The molecule has 0 heterocycles. The van der Waals surface area contributed by atoms with Crippen molar-refractivity contribution < 1.29 is 4.39 Å². The van der Waals surface area contributed by atoms with Crippen molar-refractivity contribution in [1.82, 2.24) is 5.32 Å². The van der Waals surface area contributed by atoms with E-state index in [-0.39, 0.29) is 11.9 Å². The Hall–Kier alpha value is -1.03. The predicted octanol–water partition coefficient (Wildman–Crippen LogP) is 4.53. The van der Waals surface area contributed by atoms with Gasteiger partial charge in [-0.1, -0.05) is 35.9 Å². The Morgan fingerprint density at radius 1 is 1.16 bits per heavy atom. The van der Waals surface area contributed by atoms with Crippen LogP contribution in [-0.4, -0.2) is 12.8 Å². The molecular weight excluding hydrogens is 281 g/mol. The molecule has 19 heavy (non-hydrogen) atoms. The van der Waals surface area contributed by atoms with Gasteiger partial charge in [-0.2, -0.15) is 0 Å². The lowest BCUT2D eigenvalue weighted by Gasteiger charge is -2.16. The minimum atomic E-state index is -0.211. The van der Waals surface area contributed by atoms with Gasteiger partial charge in [0.05, 0.1) is 5.02 Å². The van der Waals surface area contributed by atoms with Crippen molar-refractivity contribution >= 4 is 23.4 Å². The number of benzene rings is 2. The van der Waals surface area contributed by atoms with E-state index < -0.39 is 0 Å². The molecule has 1 atom stereocenters. The van der Waals surface area contributed by atoms with Crippen molar-refractivity contribution in [3.05, 3.63) is 64.9 Å². The zero-order valence-corrected chi connectivity index (χ0v) is 12.1. The summed E-state index contributed by atoms with van der Waals surface area (Å²) < 4.78 is 12.9. The maximum absolute atomic E-state index is 12.9. The third-order valence-corrected chi connectivity index (χ3v) is 4.47. The first kappa shape index (κ1) is 14.4. The Balaban J connectivity index is 2.04. The van der Waals surface area contributed by atoms with Crippen LogP contribution in [0.25, 0.3) is 0 Å². The average Bonchev–Trinajstić information content (AvgIpc) is 2.43. The smallest absolute Gasteiger partial charge is 0.123 e. The van der Waals surface area contributed by atoms with Gasteiger partial charge in [-0.25, -0.2) is 4.39 Å². The van der Waals surface area contributed by atoms with E-state index >= 15 is 0 Å². The van der Waals surface area contributed by atoms with Crippen LogP contribution in [0, 0.1) is 5.82 Å². The van der Waals surface area contributed by atoms with E-state index in [4.69, 9.17) is 11.6 Å². The monoisotopic (exact) mass is 295 g/mol. The number of hydrogen-bond acceptors (Lipinski definition) is 2. The summed E-state index contributed by atoms with van der Waals surface area (Å²) in [5, 5.41) is 4.01. The van der Waals surface area contributed by atoms with Crippen molar-refractivity contribution in [2.75, 3.05) is 12.8 Å². The second kappa shape index (κ2) is 6.94. The van der Waals surface area contributed by atoms with Crippen LogP contribution in [0.4, 0.5) is 4.39 Å². The predicted molar refractivity (Wildman–Crippen MR) is 80.4 cm³/mol. The topological polar surface area (TPSA) is 12.0 Å². The molecule has 2 rings (SSSR count). The number of hydrogen-bond donors (Lipinski definition) is 1. The first-order valence-electron chi connectivity index (χ1n) is 6.01. The Labute approximate surface area is 122 Å². The van der Waals surface area contributed by atoms with E-state index in [0.29, 0.717) is 0 Å². The quantitative estimate of drug-likeness (QED) is 0.813. The fourth-order valence-electron chi connectivity index (χ4n) is 1.78. The van der Waals surface area contributed by atoms with Gasteiger partial charge >= 0.3 is 0 Å². The Kier molecular flexibility index (Phi) is 5.25. The van der Waals surface area contributed by atoms with Gasteiger partial charge < -0.3 is 5.32 Å². The van der Waals surface area contributed by atoms with E-state index in [9.17, 15) is 4.39 Å². The number of rotatable bonds is 5. The minimum absolute atomic E-state index is 0.168. The average molecular weight is 296 g/mol. The molecule has 0 bridgehead atoms. The van der Waals surface area contributed by atoms with Crippen LogP contribution in [0.3, 0.4) is 0 Å². The summed E-state index contributed by atoms with van der Waals surface area (Å²) in [4.78, 5) is 1.06. The van der Waals surface area contributed by atoms with Crippen LogP contribution in [-0.2, 0) is 0 Å². The van der Waals surface area contributed by atoms with Crippen molar-refractivity contribution in [2.45, 2.75) is 10.9 Å². The second-order valence-electron chi connectivity index (χ2n) is 4.13. The van der Waals surface area contributed by atoms with Crippen LogP contribution >= 0.6 is 23.4 Å². The molecule has 1 N–H and O–H groups in total. The summed E-state index contributed by atoms with van der Waals surface area (Å²) in [5.74, 6) is 0.628. The zero-order valence-electron chi connectivity index (χ0n) is 10.6. The molecule has 0 aliphatic carbocycles. The Morgan fingerprint density at radius 2 is 1.84 bits per heavy atom. The van der Waals surface area contributed by atoms with Gasteiger partial charge in [0.25, 0.3) is 0 Å². The molecule has 0 aliphatic rings. The van der Waals surface area contributed by atoms with Crippen molar-refractivity contribution in [1.29, 1.82) is 0 Å². The summed E-state index contributed by atoms with van der Waals surface area (Å²) in [6.45, 7) is 0. The number of thioether (sulfide) groups is 1. The Morgan fingerprint density at radius 3 is 2.47 bits per heavy atom. The van der Waals surface area contributed by atoms with E-state index in [2.05, 4.69) is 5.32 Å². The maximum atomic E-state index is 12.9. The molecule has 0 amide bonds. The minimum Gasteiger partial charge on any atom is -0.312 e. The lowest BCUT2D eigenvalue weighted by Crippen LogP contribution is -2.18. The molecule has 0 aliphatic heterocycles. The maximum Gasteiger partial charge on any atom is 0.123 e. The summed E-state index contributed by atoms with van der Waals surface area (Å²) in [7, 11) is 1.90. The van der Waals surface area contributed by atoms with Crippen LogP contribution < -0.4 is 5.32 Å². The highest BCUT2D eigenvalue weighted by Gasteiger charge is 2.10. The highest BCUT2D eigenvalue weighted by molar-refractivity contribution is 7.99. The molecule has 1 nitrogen and oxygen atoms in total. The molecule has 100 valence electrons. The van der Waals surface area contributed by atoms with Gasteiger partial charge in [0, 0.05) is 16.7 Å². The standard InChI is InChI=1S/C15H15ClFNS/c1-18-14(11-6-8-12(17)9-7-11)10-19-15-5-3-2-4-13(15)16/h2-9,14,18H,10H2,1H3. The van der Waals surface area contributed by atoms with E-state index in [0.717, 1.165) is 21.2 Å². The third kappa shape index (κ3) is 3.96. The van der Waals surface area contributed by atoms with Crippen LogP contribution in [0.5, 0.6) is 0 Å². The lowest BCUT2D eigenvalue weighted by atomic mass is 10.1. The second-order valence-corrected chi connectivity index (χ2v) is 5.60. The molecular formula is C15H15ClFNS. The molecule has 4 heteroatoms. The van der Waals surface area contributed by atoms with Gasteiger partial charge in [-0.15, -0.1) is 11.8 Å². The molecule has 0 radical (unpaired) electrons. The molecule has 0 saturated heterocycles. The summed E-state index contributed by atoms with van der Waals surface area (Å²) in [6.07, 6.45) is 0. The van der Waals surface area contributed by atoms with E-state index in [1.54, 1.807) is 11.8 Å².